The van der Waals surface area contributed by atoms with Crippen LogP contribution in [0.1, 0.15) is 26.2 Å². The Morgan fingerprint density at radius 3 is 2.74 bits per heavy atom. The molecule has 0 aliphatic heterocycles. The van der Waals surface area contributed by atoms with Crippen LogP contribution in [-0.2, 0) is 4.79 Å². The number of fused-ring (bicyclic) bond motifs is 2. The largest absolute Gasteiger partial charge is 0.508 e. The molecule has 4 heterocycles. The summed E-state index contributed by atoms with van der Waals surface area (Å²) in [5.41, 5.74) is 6.39. The predicted molar refractivity (Wildman–Crippen MR) is 147 cm³/mol. The Hall–Kier alpha value is -5.12. The highest BCUT2D eigenvalue weighted by molar-refractivity contribution is 5.96. The van der Waals surface area contributed by atoms with Crippen molar-refractivity contribution in [3.05, 3.63) is 72.8 Å². The topological polar surface area (TPSA) is 132 Å². The number of carbonyl (C=O) groups excluding carboxylic acids is 1. The fourth-order valence-electron chi connectivity index (χ4n) is 4.54. The van der Waals surface area contributed by atoms with Crippen LogP contribution in [0.3, 0.4) is 0 Å². The summed E-state index contributed by atoms with van der Waals surface area (Å²) in [4.78, 5) is 29.4. The molecule has 0 saturated heterocycles. The van der Waals surface area contributed by atoms with E-state index in [-0.39, 0.29) is 11.7 Å². The highest BCUT2D eigenvalue weighted by Gasteiger charge is 2.17. The molecule has 0 radical (unpaired) electrons. The van der Waals surface area contributed by atoms with E-state index in [1.54, 1.807) is 12.4 Å². The molecule has 0 aliphatic rings. The second kappa shape index (κ2) is 9.97. The number of imidazole rings is 1. The van der Waals surface area contributed by atoms with Crippen molar-refractivity contribution in [2.24, 2.45) is 0 Å². The number of anilines is 1. The van der Waals surface area contributed by atoms with Gasteiger partial charge in [0.1, 0.15) is 17.1 Å². The lowest BCUT2D eigenvalue weighted by molar-refractivity contribution is -0.116. The van der Waals surface area contributed by atoms with E-state index in [0.717, 1.165) is 35.5 Å². The summed E-state index contributed by atoms with van der Waals surface area (Å²) in [6.45, 7) is 2.04. The summed E-state index contributed by atoms with van der Waals surface area (Å²) in [6.07, 6.45) is 5.54. The maximum absolute atomic E-state index is 14.0. The number of halogens is 1. The first-order valence-electron chi connectivity index (χ1n) is 12.6. The van der Waals surface area contributed by atoms with Gasteiger partial charge in [0.25, 0.3) is 0 Å². The van der Waals surface area contributed by atoms with Gasteiger partial charge >= 0.3 is 0 Å². The number of aromatic amines is 2. The Bertz CT molecular complexity index is 1820. The summed E-state index contributed by atoms with van der Waals surface area (Å²) in [5, 5.41) is 20.3. The first-order valence-corrected chi connectivity index (χ1v) is 12.6. The fourth-order valence-corrected chi connectivity index (χ4v) is 4.54. The van der Waals surface area contributed by atoms with E-state index in [1.165, 1.54) is 12.1 Å². The third kappa shape index (κ3) is 4.79. The molecule has 4 aromatic heterocycles. The van der Waals surface area contributed by atoms with E-state index in [9.17, 15) is 14.3 Å². The van der Waals surface area contributed by atoms with Crippen molar-refractivity contribution in [1.29, 1.82) is 0 Å². The number of rotatable bonds is 7. The number of hydrogen-bond donors (Lipinski definition) is 4. The number of phenols is 1. The molecular formula is C29H24FN7O2. The van der Waals surface area contributed by atoms with E-state index in [1.807, 2.05) is 43.3 Å². The molecule has 6 aromatic rings. The number of unbranched alkanes of at least 4 members (excludes halogenated alkanes) is 1. The summed E-state index contributed by atoms with van der Waals surface area (Å²) in [7, 11) is 0. The minimum Gasteiger partial charge on any atom is -0.508 e. The SMILES string of the molecule is CCCCC(=O)Nc1cncc(-c2ccc3[nH]nc(-c4nc5c(-c6cc(O)cc(F)c6)cccc5[nH]4)c3n2)c1. The highest BCUT2D eigenvalue weighted by atomic mass is 19.1. The summed E-state index contributed by atoms with van der Waals surface area (Å²) >= 11 is 0. The quantitative estimate of drug-likeness (QED) is 0.198. The molecule has 0 bridgehead atoms. The van der Waals surface area contributed by atoms with Crippen LogP contribution in [0.25, 0.3) is 56.0 Å². The Morgan fingerprint density at radius 1 is 1.00 bits per heavy atom. The molecule has 2 aromatic carbocycles. The van der Waals surface area contributed by atoms with Crippen LogP contribution in [0.4, 0.5) is 10.1 Å². The Kier molecular flexibility index (Phi) is 6.20. The zero-order valence-corrected chi connectivity index (χ0v) is 21.0. The molecule has 10 heteroatoms. The molecule has 0 fully saturated rings. The number of phenolic OH excluding ortho intramolecular Hbond substituents is 1. The minimum atomic E-state index is -0.535. The molecule has 0 aliphatic carbocycles. The van der Waals surface area contributed by atoms with E-state index < -0.39 is 5.82 Å². The standard InChI is InChI=1S/C29H24FN7O2/c1-2-3-7-25(39)32-19-11-17(14-31-15-19)22-8-9-24-27(33-22)28(37-36-24)29-34-23-6-4-5-21(26(23)35-29)16-10-18(30)13-20(38)12-16/h4-6,8-15,38H,2-3,7H2,1H3,(H,32,39)(H,34,35)(H,36,37). The van der Waals surface area contributed by atoms with Gasteiger partial charge in [0.2, 0.25) is 5.91 Å². The molecule has 9 nitrogen and oxygen atoms in total. The Morgan fingerprint density at radius 2 is 1.90 bits per heavy atom. The van der Waals surface area contributed by atoms with Crippen molar-refractivity contribution < 1.29 is 14.3 Å². The maximum Gasteiger partial charge on any atom is 0.224 e. The van der Waals surface area contributed by atoms with Crippen LogP contribution in [0, 0.1) is 5.82 Å². The third-order valence-corrected chi connectivity index (χ3v) is 6.41. The Labute approximate surface area is 222 Å². The van der Waals surface area contributed by atoms with Gasteiger partial charge in [-0.3, -0.25) is 14.9 Å². The molecule has 4 N–H and O–H groups in total. The number of aromatic hydroxyl groups is 1. The Balaban J connectivity index is 1.38. The van der Waals surface area contributed by atoms with Gasteiger partial charge in [0.05, 0.1) is 34.1 Å². The van der Waals surface area contributed by atoms with Crippen molar-refractivity contribution in [2.45, 2.75) is 26.2 Å². The average Bonchev–Trinajstić information content (AvgIpc) is 3.55. The third-order valence-electron chi connectivity index (χ3n) is 6.41. The average molecular weight is 522 g/mol. The minimum absolute atomic E-state index is 0.0472. The monoisotopic (exact) mass is 521 g/mol. The number of nitrogens with zero attached hydrogens (tertiary/aromatic N) is 4. The zero-order valence-electron chi connectivity index (χ0n) is 21.0. The second-order valence-corrected chi connectivity index (χ2v) is 9.26. The van der Waals surface area contributed by atoms with Crippen LogP contribution >= 0.6 is 0 Å². The molecule has 0 atom stereocenters. The van der Waals surface area contributed by atoms with Gasteiger partial charge in [0.15, 0.2) is 11.5 Å². The molecule has 194 valence electrons. The van der Waals surface area contributed by atoms with E-state index in [0.29, 0.717) is 51.5 Å². The van der Waals surface area contributed by atoms with Crippen LogP contribution < -0.4 is 5.32 Å². The van der Waals surface area contributed by atoms with Gasteiger partial charge in [-0.25, -0.2) is 14.4 Å². The number of aromatic nitrogens is 6. The molecular weight excluding hydrogens is 497 g/mol. The van der Waals surface area contributed by atoms with E-state index >= 15 is 0 Å². The van der Waals surface area contributed by atoms with Crippen molar-refractivity contribution in [2.75, 3.05) is 5.32 Å². The van der Waals surface area contributed by atoms with Crippen LogP contribution in [-0.4, -0.2) is 41.1 Å². The summed E-state index contributed by atoms with van der Waals surface area (Å²) in [6, 6.07) is 15.0. The molecule has 0 unspecified atom stereocenters. The van der Waals surface area contributed by atoms with Gasteiger partial charge < -0.3 is 15.4 Å². The van der Waals surface area contributed by atoms with Crippen molar-refractivity contribution in [3.8, 4) is 39.7 Å². The number of para-hydroxylation sites is 1. The lowest BCUT2D eigenvalue weighted by Gasteiger charge is -2.07. The predicted octanol–water partition coefficient (Wildman–Crippen LogP) is 6.20. The van der Waals surface area contributed by atoms with Gasteiger partial charge in [-0.1, -0.05) is 25.5 Å². The number of carbonyl (C=O) groups is 1. The number of nitrogens with one attached hydrogen (secondary N) is 3. The number of H-pyrrole nitrogens is 2. The molecule has 0 saturated carbocycles. The fraction of sp³-hybridized carbons (Fsp3) is 0.138. The van der Waals surface area contributed by atoms with Crippen LogP contribution in [0.15, 0.2) is 67.0 Å². The summed E-state index contributed by atoms with van der Waals surface area (Å²) < 4.78 is 14.0. The van der Waals surface area contributed by atoms with E-state index in [4.69, 9.17) is 9.97 Å². The van der Waals surface area contributed by atoms with Crippen LogP contribution in [0.5, 0.6) is 5.75 Å². The van der Waals surface area contributed by atoms with Crippen molar-refractivity contribution in [1.82, 2.24) is 30.1 Å². The number of amides is 1. The zero-order chi connectivity index (χ0) is 26.9. The lowest BCUT2D eigenvalue weighted by Crippen LogP contribution is -2.11. The van der Waals surface area contributed by atoms with Gasteiger partial charge in [-0.2, -0.15) is 5.10 Å². The number of pyridine rings is 2. The first-order chi connectivity index (χ1) is 19.0. The number of benzene rings is 2. The second-order valence-electron chi connectivity index (χ2n) is 9.26. The molecule has 6 rings (SSSR count). The molecule has 39 heavy (non-hydrogen) atoms. The lowest BCUT2D eigenvalue weighted by atomic mass is 10.0. The van der Waals surface area contributed by atoms with E-state index in [2.05, 4.69) is 25.5 Å². The van der Waals surface area contributed by atoms with Crippen molar-refractivity contribution >= 4 is 33.7 Å². The molecule has 0 spiro atoms. The van der Waals surface area contributed by atoms with Crippen molar-refractivity contribution in [3.63, 3.8) is 0 Å². The number of hydrogen-bond acceptors (Lipinski definition) is 6. The normalized spacial score (nSPS) is 11.3. The van der Waals surface area contributed by atoms with Gasteiger partial charge in [0, 0.05) is 29.8 Å². The maximum atomic E-state index is 14.0. The first kappa shape index (κ1) is 24.2. The summed E-state index contributed by atoms with van der Waals surface area (Å²) in [5.74, 6) is -0.253. The molecule has 1 amide bonds. The smallest absolute Gasteiger partial charge is 0.224 e. The van der Waals surface area contributed by atoms with Gasteiger partial charge in [-0.15, -0.1) is 0 Å². The van der Waals surface area contributed by atoms with Gasteiger partial charge in [-0.05, 0) is 48.4 Å². The van der Waals surface area contributed by atoms with Crippen LogP contribution in [0.2, 0.25) is 0 Å². The highest BCUT2D eigenvalue weighted by Crippen LogP contribution is 2.33.